The first-order chi connectivity index (χ1) is 4.70. The third-order valence-electron chi connectivity index (χ3n) is 1.98. The molecule has 1 amide bonds. The van der Waals surface area contributed by atoms with Crippen molar-refractivity contribution in [1.29, 1.82) is 0 Å². The lowest BCUT2D eigenvalue weighted by atomic mass is 9.99. The Hall–Kier alpha value is -0.530. The van der Waals surface area contributed by atoms with Crippen LogP contribution in [0.4, 0.5) is 0 Å². The quantitative estimate of drug-likeness (QED) is 0.489. The Kier molecular flexibility index (Phi) is 2.30. The fourth-order valence-corrected chi connectivity index (χ4v) is 1.21. The zero-order chi connectivity index (χ0) is 7.56. The Morgan fingerprint density at radius 3 is 2.40 bits per heavy atom. The van der Waals surface area contributed by atoms with Crippen LogP contribution >= 0.6 is 0 Å². The highest BCUT2D eigenvalue weighted by atomic mass is 16.2. The van der Waals surface area contributed by atoms with Crippen LogP contribution in [0.3, 0.4) is 0 Å². The first-order valence-electron chi connectivity index (χ1n) is 3.71. The number of hydrogen-bond acceptors (Lipinski definition) is 1. The number of carbonyl (C=O) groups excluding carboxylic acids is 1. The molecule has 0 aromatic rings. The van der Waals surface area contributed by atoms with E-state index in [4.69, 9.17) is 6.92 Å². The zero-order valence-corrected chi connectivity index (χ0v) is 6.34. The summed E-state index contributed by atoms with van der Waals surface area (Å²) in [6, 6.07) is 0. The van der Waals surface area contributed by atoms with Gasteiger partial charge in [-0.15, -0.1) is 0 Å². The summed E-state index contributed by atoms with van der Waals surface area (Å²) in [6.07, 6.45) is 1.92. The summed E-state index contributed by atoms with van der Waals surface area (Å²) in [5.74, 6) is 0.488. The van der Waals surface area contributed by atoms with Crippen molar-refractivity contribution < 1.29 is 4.79 Å². The van der Waals surface area contributed by atoms with Gasteiger partial charge in [0.1, 0.15) is 0 Å². The maximum Gasteiger partial charge on any atom is 0.219 e. The Morgan fingerprint density at radius 1 is 1.50 bits per heavy atom. The third kappa shape index (κ3) is 1.72. The molecule has 1 aliphatic rings. The SMILES string of the molecule is [CH]C1CCN(C(C)=O)CC1. The van der Waals surface area contributed by atoms with Crippen LogP contribution in [0.1, 0.15) is 19.8 Å². The van der Waals surface area contributed by atoms with Gasteiger partial charge in [-0.2, -0.15) is 0 Å². The minimum Gasteiger partial charge on any atom is -0.343 e. The minimum atomic E-state index is 0.173. The van der Waals surface area contributed by atoms with Crippen molar-refractivity contribution in [3.63, 3.8) is 0 Å². The van der Waals surface area contributed by atoms with Gasteiger partial charge in [0.2, 0.25) is 5.91 Å². The van der Waals surface area contributed by atoms with Crippen molar-refractivity contribution in [2.24, 2.45) is 5.92 Å². The molecule has 0 bridgehead atoms. The van der Waals surface area contributed by atoms with Crippen LogP contribution in [0.25, 0.3) is 0 Å². The average Bonchev–Trinajstić information content (AvgIpc) is 1.88. The second-order valence-corrected chi connectivity index (χ2v) is 2.84. The van der Waals surface area contributed by atoms with Crippen LogP contribution in [-0.2, 0) is 4.79 Å². The van der Waals surface area contributed by atoms with Gasteiger partial charge in [0.05, 0.1) is 0 Å². The van der Waals surface area contributed by atoms with Crippen LogP contribution < -0.4 is 0 Å². The van der Waals surface area contributed by atoms with Gasteiger partial charge in [0, 0.05) is 20.0 Å². The summed E-state index contributed by atoms with van der Waals surface area (Å²) in [4.78, 5) is 12.6. The van der Waals surface area contributed by atoms with Gasteiger partial charge < -0.3 is 4.90 Å². The molecule has 0 aromatic heterocycles. The molecule has 0 aliphatic carbocycles. The van der Waals surface area contributed by atoms with Gasteiger partial charge in [0.15, 0.2) is 0 Å². The summed E-state index contributed by atoms with van der Waals surface area (Å²) in [5, 5.41) is 0. The van der Waals surface area contributed by atoms with Crippen molar-refractivity contribution in [2.45, 2.75) is 19.8 Å². The highest BCUT2D eigenvalue weighted by Gasteiger charge is 2.16. The Balaban J connectivity index is 2.33. The fraction of sp³-hybridized carbons (Fsp3) is 0.750. The topological polar surface area (TPSA) is 20.3 Å². The molecule has 1 aliphatic heterocycles. The minimum absolute atomic E-state index is 0.173. The van der Waals surface area contributed by atoms with Crippen molar-refractivity contribution in [1.82, 2.24) is 4.90 Å². The third-order valence-corrected chi connectivity index (χ3v) is 1.98. The first-order valence-corrected chi connectivity index (χ1v) is 3.71. The van der Waals surface area contributed by atoms with Crippen molar-refractivity contribution in [2.75, 3.05) is 13.1 Å². The number of nitrogens with zero attached hydrogens (tertiary/aromatic N) is 1. The van der Waals surface area contributed by atoms with E-state index < -0.39 is 0 Å². The summed E-state index contributed by atoms with van der Waals surface area (Å²) < 4.78 is 0. The summed E-state index contributed by atoms with van der Waals surface area (Å²) in [6.45, 7) is 8.95. The van der Waals surface area contributed by atoms with Gasteiger partial charge in [-0.05, 0) is 25.7 Å². The molecule has 0 spiro atoms. The Labute approximate surface area is 62.2 Å². The van der Waals surface area contributed by atoms with E-state index in [1.54, 1.807) is 6.92 Å². The van der Waals surface area contributed by atoms with E-state index in [-0.39, 0.29) is 5.91 Å². The predicted molar refractivity (Wildman–Crippen MR) is 39.3 cm³/mol. The molecule has 0 aromatic carbocycles. The maximum absolute atomic E-state index is 10.8. The average molecular weight is 139 g/mol. The zero-order valence-electron chi connectivity index (χ0n) is 6.34. The van der Waals surface area contributed by atoms with Gasteiger partial charge in [-0.1, -0.05) is 0 Å². The van der Waals surface area contributed by atoms with Crippen molar-refractivity contribution >= 4 is 5.91 Å². The second kappa shape index (κ2) is 3.04. The monoisotopic (exact) mass is 139 g/mol. The molecule has 0 saturated carbocycles. The summed E-state index contributed by atoms with van der Waals surface area (Å²) in [5.41, 5.74) is 0. The maximum atomic E-state index is 10.8. The van der Waals surface area contributed by atoms with Crippen LogP contribution in [0.5, 0.6) is 0 Å². The predicted octanol–water partition coefficient (Wildman–Crippen LogP) is 0.956. The van der Waals surface area contributed by atoms with Crippen LogP contribution in [0.2, 0.25) is 0 Å². The highest BCUT2D eigenvalue weighted by Crippen LogP contribution is 2.14. The molecule has 1 saturated heterocycles. The smallest absolute Gasteiger partial charge is 0.219 e. The largest absolute Gasteiger partial charge is 0.343 e. The molecular weight excluding hydrogens is 126 g/mol. The molecule has 1 heterocycles. The number of likely N-dealkylation sites (tertiary alicyclic amines) is 1. The van der Waals surface area contributed by atoms with Crippen molar-refractivity contribution in [3.8, 4) is 0 Å². The van der Waals surface area contributed by atoms with Gasteiger partial charge >= 0.3 is 0 Å². The lowest BCUT2D eigenvalue weighted by molar-refractivity contribution is -0.129. The molecule has 1 rings (SSSR count). The summed E-state index contributed by atoms with van der Waals surface area (Å²) >= 11 is 0. The highest BCUT2D eigenvalue weighted by molar-refractivity contribution is 5.73. The number of rotatable bonds is 0. The number of hydrogen-bond donors (Lipinski definition) is 0. The van der Waals surface area contributed by atoms with E-state index in [0.717, 1.165) is 25.9 Å². The van der Waals surface area contributed by atoms with Crippen LogP contribution in [-0.4, -0.2) is 23.9 Å². The standard InChI is InChI=1S/C8H13NO/c1-7-3-5-9(6-4-7)8(2)10/h1,7H,3-6H2,2H3. The van der Waals surface area contributed by atoms with E-state index in [2.05, 4.69) is 0 Å². The van der Waals surface area contributed by atoms with Gasteiger partial charge in [-0.25, -0.2) is 0 Å². The normalized spacial score (nSPS) is 21.2. The number of carbonyl (C=O) groups is 1. The molecule has 1 fully saturated rings. The van der Waals surface area contributed by atoms with Crippen molar-refractivity contribution in [3.05, 3.63) is 6.92 Å². The van der Waals surface area contributed by atoms with Crippen LogP contribution in [0, 0.1) is 12.8 Å². The van der Waals surface area contributed by atoms with E-state index in [0.29, 0.717) is 5.92 Å². The lowest BCUT2D eigenvalue weighted by Crippen LogP contribution is -2.36. The fourth-order valence-electron chi connectivity index (χ4n) is 1.21. The Morgan fingerprint density at radius 2 is 2.00 bits per heavy atom. The Bertz CT molecular complexity index is 125. The number of amides is 1. The molecule has 0 atom stereocenters. The number of piperidine rings is 1. The molecule has 0 N–H and O–H groups in total. The molecule has 2 nitrogen and oxygen atoms in total. The molecule has 10 heavy (non-hydrogen) atoms. The van der Waals surface area contributed by atoms with E-state index in [1.165, 1.54) is 0 Å². The van der Waals surface area contributed by atoms with Gasteiger partial charge in [-0.3, -0.25) is 4.79 Å². The molecule has 2 heteroatoms. The first kappa shape index (κ1) is 7.58. The molecule has 56 valence electrons. The molecule has 2 radical (unpaired) electrons. The van der Waals surface area contributed by atoms with Crippen LogP contribution in [0.15, 0.2) is 0 Å². The molecule has 0 unspecified atom stereocenters. The molecular formula is C8H13NO. The van der Waals surface area contributed by atoms with E-state index in [1.807, 2.05) is 4.90 Å². The summed E-state index contributed by atoms with van der Waals surface area (Å²) in [7, 11) is 0. The second-order valence-electron chi connectivity index (χ2n) is 2.84. The van der Waals surface area contributed by atoms with E-state index >= 15 is 0 Å². The van der Waals surface area contributed by atoms with Gasteiger partial charge in [0.25, 0.3) is 0 Å². The lowest BCUT2D eigenvalue weighted by Gasteiger charge is -2.28. The van der Waals surface area contributed by atoms with E-state index in [9.17, 15) is 4.79 Å².